The molecule has 0 bridgehead atoms. The van der Waals surface area contributed by atoms with E-state index in [4.69, 9.17) is 11.6 Å². The number of hydrogen-bond acceptors (Lipinski definition) is 3. The summed E-state index contributed by atoms with van der Waals surface area (Å²) in [5.74, 6) is -0.354. The first-order valence-corrected chi connectivity index (χ1v) is 6.18. The minimum Gasteiger partial charge on any atom is -0.387 e. The average molecular weight is 277 g/mol. The van der Waals surface area contributed by atoms with E-state index in [1.165, 1.54) is 6.20 Å². The summed E-state index contributed by atoms with van der Waals surface area (Å²) in [6.07, 6.45) is 0.762. The van der Waals surface area contributed by atoms with Crippen LogP contribution in [-0.2, 0) is 0 Å². The van der Waals surface area contributed by atoms with Crippen molar-refractivity contribution < 1.29 is 9.90 Å². The van der Waals surface area contributed by atoms with E-state index in [0.717, 1.165) is 5.56 Å². The van der Waals surface area contributed by atoms with Gasteiger partial charge >= 0.3 is 0 Å². The van der Waals surface area contributed by atoms with Gasteiger partial charge in [-0.25, -0.2) is 4.98 Å². The number of aliphatic hydroxyl groups excluding tert-OH is 1. The summed E-state index contributed by atoms with van der Waals surface area (Å²) in [4.78, 5) is 15.7. The molecule has 1 aromatic carbocycles. The number of carbonyl (C=O) groups is 1. The third-order valence-electron chi connectivity index (χ3n) is 2.64. The van der Waals surface area contributed by atoms with Crippen LogP contribution in [0, 0.1) is 0 Å². The van der Waals surface area contributed by atoms with Gasteiger partial charge in [0.05, 0.1) is 11.7 Å². The average Bonchev–Trinajstić information content (AvgIpc) is 2.46. The summed E-state index contributed by atoms with van der Waals surface area (Å²) >= 11 is 5.82. The molecule has 0 saturated carbocycles. The number of nitrogens with zero attached hydrogens (tertiary/aromatic N) is 1. The lowest BCUT2D eigenvalue weighted by molar-refractivity contribution is 0.0916. The second kappa shape index (κ2) is 6.31. The van der Waals surface area contributed by atoms with Crippen LogP contribution in [0.15, 0.2) is 48.7 Å². The van der Waals surface area contributed by atoms with Crippen molar-refractivity contribution in [2.24, 2.45) is 0 Å². The van der Waals surface area contributed by atoms with Crippen molar-refractivity contribution in [3.63, 3.8) is 0 Å². The van der Waals surface area contributed by atoms with E-state index < -0.39 is 6.10 Å². The quantitative estimate of drug-likeness (QED) is 0.842. The highest BCUT2D eigenvalue weighted by atomic mass is 35.5. The summed E-state index contributed by atoms with van der Waals surface area (Å²) in [5.41, 5.74) is 1.05. The van der Waals surface area contributed by atoms with Crippen LogP contribution >= 0.6 is 11.6 Å². The van der Waals surface area contributed by atoms with Crippen molar-refractivity contribution in [1.29, 1.82) is 0 Å². The zero-order valence-electron chi connectivity index (χ0n) is 10.1. The molecule has 2 N–H and O–H groups in total. The Balaban J connectivity index is 1.96. The van der Waals surface area contributed by atoms with Crippen molar-refractivity contribution in [2.45, 2.75) is 6.10 Å². The van der Waals surface area contributed by atoms with Crippen LogP contribution in [0.1, 0.15) is 22.0 Å². The zero-order valence-corrected chi connectivity index (χ0v) is 10.8. The Hall–Kier alpha value is -1.91. The second-order valence-corrected chi connectivity index (χ2v) is 4.34. The normalized spacial score (nSPS) is 11.9. The number of aliphatic hydroxyl groups is 1. The molecule has 98 valence electrons. The van der Waals surface area contributed by atoms with E-state index in [0.29, 0.717) is 5.56 Å². The van der Waals surface area contributed by atoms with Crippen LogP contribution in [0.25, 0.3) is 0 Å². The number of pyridine rings is 1. The fraction of sp³-hybridized carbons (Fsp3) is 0.143. The Morgan fingerprint density at radius 3 is 2.68 bits per heavy atom. The number of aromatic nitrogens is 1. The minimum atomic E-state index is -0.749. The van der Waals surface area contributed by atoms with Crippen molar-refractivity contribution in [2.75, 3.05) is 6.54 Å². The SMILES string of the molecule is O=C(NCC(O)c1ccccc1)c1cccnc1Cl. The van der Waals surface area contributed by atoms with Crippen LogP contribution in [0.5, 0.6) is 0 Å². The van der Waals surface area contributed by atoms with E-state index in [1.807, 2.05) is 18.2 Å². The van der Waals surface area contributed by atoms with Gasteiger partial charge in [-0.2, -0.15) is 0 Å². The van der Waals surface area contributed by atoms with E-state index in [1.54, 1.807) is 24.3 Å². The second-order valence-electron chi connectivity index (χ2n) is 3.98. The maximum Gasteiger partial charge on any atom is 0.254 e. The molecule has 0 radical (unpaired) electrons. The van der Waals surface area contributed by atoms with E-state index >= 15 is 0 Å². The van der Waals surface area contributed by atoms with Gasteiger partial charge in [0, 0.05) is 12.7 Å². The van der Waals surface area contributed by atoms with Crippen molar-refractivity contribution >= 4 is 17.5 Å². The van der Waals surface area contributed by atoms with Gasteiger partial charge in [-0.15, -0.1) is 0 Å². The van der Waals surface area contributed by atoms with Gasteiger partial charge in [-0.05, 0) is 17.7 Å². The fourth-order valence-corrected chi connectivity index (χ4v) is 1.84. The van der Waals surface area contributed by atoms with Crippen molar-refractivity contribution in [1.82, 2.24) is 10.3 Å². The molecular formula is C14H13ClN2O2. The van der Waals surface area contributed by atoms with Crippen LogP contribution in [-0.4, -0.2) is 22.5 Å². The van der Waals surface area contributed by atoms with Crippen LogP contribution in [0.3, 0.4) is 0 Å². The predicted molar refractivity (Wildman–Crippen MR) is 73.0 cm³/mol. The monoisotopic (exact) mass is 276 g/mol. The highest BCUT2D eigenvalue weighted by Gasteiger charge is 2.13. The molecule has 1 unspecified atom stereocenters. The first-order valence-electron chi connectivity index (χ1n) is 5.80. The third kappa shape index (κ3) is 3.53. The lowest BCUT2D eigenvalue weighted by Gasteiger charge is -2.12. The molecule has 1 atom stereocenters. The van der Waals surface area contributed by atoms with Gasteiger partial charge in [0.15, 0.2) is 0 Å². The first-order chi connectivity index (χ1) is 9.18. The van der Waals surface area contributed by atoms with E-state index in [-0.39, 0.29) is 17.6 Å². The largest absolute Gasteiger partial charge is 0.387 e. The molecule has 0 aliphatic heterocycles. The molecule has 2 rings (SSSR count). The van der Waals surface area contributed by atoms with Gasteiger partial charge < -0.3 is 10.4 Å². The molecule has 19 heavy (non-hydrogen) atoms. The fourth-order valence-electron chi connectivity index (χ4n) is 1.63. The third-order valence-corrected chi connectivity index (χ3v) is 2.95. The molecule has 0 aliphatic carbocycles. The molecule has 0 spiro atoms. The number of halogens is 1. The van der Waals surface area contributed by atoms with Gasteiger partial charge in [-0.3, -0.25) is 4.79 Å². The van der Waals surface area contributed by atoms with E-state index in [9.17, 15) is 9.90 Å². The highest BCUT2D eigenvalue weighted by molar-refractivity contribution is 6.32. The molecule has 4 nitrogen and oxygen atoms in total. The minimum absolute atomic E-state index is 0.119. The molecular weight excluding hydrogens is 264 g/mol. The topological polar surface area (TPSA) is 62.2 Å². The number of carbonyl (C=O) groups excluding carboxylic acids is 1. The standard InChI is InChI=1S/C14H13ClN2O2/c15-13-11(7-4-8-16-13)14(19)17-9-12(18)10-5-2-1-3-6-10/h1-8,12,18H,9H2,(H,17,19). The van der Waals surface area contributed by atoms with Crippen LogP contribution in [0.2, 0.25) is 5.15 Å². The summed E-state index contributed by atoms with van der Waals surface area (Å²) in [6, 6.07) is 12.3. The molecule has 2 aromatic rings. The van der Waals surface area contributed by atoms with Gasteiger partial charge in [0.25, 0.3) is 5.91 Å². The summed E-state index contributed by atoms with van der Waals surface area (Å²) in [5, 5.41) is 12.7. The number of benzene rings is 1. The van der Waals surface area contributed by atoms with Gasteiger partial charge in [0.1, 0.15) is 5.15 Å². The predicted octanol–water partition coefficient (Wildman–Crippen LogP) is 2.20. The highest BCUT2D eigenvalue weighted by Crippen LogP contribution is 2.13. The smallest absolute Gasteiger partial charge is 0.254 e. The maximum atomic E-state index is 11.9. The zero-order chi connectivity index (χ0) is 13.7. The Morgan fingerprint density at radius 2 is 2.00 bits per heavy atom. The lowest BCUT2D eigenvalue weighted by Crippen LogP contribution is -2.28. The molecule has 1 aromatic heterocycles. The summed E-state index contributed by atoms with van der Waals surface area (Å²) in [6.45, 7) is 0.119. The summed E-state index contributed by atoms with van der Waals surface area (Å²) < 4.78 is 0. The Kier molecular flexibility index (Phi) is 4.49. The number of amides is 1. The Morgan fingerprint density at radius 1 is 1.26 bits per heavy atom. The molecule has 0 aliphatic rings. The molecule has 1 heterocycles. The number of nitrogens with one attached hydrogen (secondary N) is 1. The molecule has 0 saturated heterocycles. The molecule has 1 amide bonds. The summed E-state index contributed by atoms with van der Waals surface area (Å²) in [7, 11) is 0. The van der Waals surface area contributed by atoms with Crippen LogP contribution < -0.4 is 5.32 Å². The van der Waals surface area contributed by atoms with Gasteiger partial charge in [0.2, 0.25) is 0 Å². The molecule has 0 fully saturated rings. The first kappa shape index (κ1) is 13.5. The number of rotatable bonds is 4. The molecule has 5 heteroatoms. The van der Waals surface area contributed by atoms with Crippen molar-refractivity contribution in [3.8, 4) is 0 Å². The van der Waals surface area contributed by atoms with Gasteiger partial charge in [-0.1, -0.05) is 41.9 Å². The lowest BCUT2D eigenvalue weighted by atomic mass is 10.1. The van der Waals surface area contributed by atoms with Crippen LogP contribution in [0.4, 0.5) is 0 Å². The van der Waals surface area contributed by atoms with E-state index in [2.05, 4.69) is 10.3 Å². The maximum absolute atomic E-state index is 11.9. The Labute approximate surface area is 116 Å². The van der Waals surface area contributed by atoms with Crippen molar-refractivity contribution in [3.05, 3.63) is 64.9 Å². The Bertz CT molecular complexity index is 560. The number of hydrogen-bond donors (Lipinski definition) is 2.